The molecule has 1 fully saturated rings. The van der Waals surface area contributed by atoms with Crippen molar-refractivity contribution in [3.05, 3.63) is 29.8 Å². The third-order valence-electron chi connectivity index (χ3n) is 4.04. The average molecular weight is 287 g/mol. The molecular weight excluding hydrogens is 266 g/mol. The van der Waals surface area contributed by atoms with Gasteiger partial charge in [0.25, 0.3) is 5.89 Å². The minimum atomic E-state index is -0.234. The molecule has 0 aliphatic carbocycles. The predicted molar refractivity (Wildman–Crippen MR) is 79.7 cm³/mol. The zero-order valence-electron chi connectivity index (χ0n) is 12.8. The molecule has 1 N–H and O–H groups in total. The molecule has 1 aliphatic rings. The summed E-state index contributed by atoms with van der Waals surface area (Å²) in [5, 5.41) is 7.55. The Balaban J connectivity index is 1.84. The quantitative estimate of drug-likeness (QED) is 0.924. The minimum Gasteiger partial charge on any atom is -0.334 e. The van der Waals surface area contributed by atoms with E-state index in [9.17, 15) is 0 Å². The highest BCUT2D eigenvalue weighted by Crippen LogP contribution is 2.27. The van der Waals surface area contributed by atoms with Gasteiger partial charge in [-0.3, -0.25) is 9.88 Å². The number of pyridine rings is 1. The number of hydrogen-bond acceptors (Lipinski definition) is 6. The molecule has 2 aromatic rings. The maximum absolute atomic E-state index is 5.42. The maximum Gasteiger partial charge on any atom is 0.259 e. The van der Waals surface area contributed by atoms with E-state index in [1.807, 2.05) is 19.1 Å². The van der Waals surface area contributed by atoms with Crippen LogP contribution in [-0.2, 0) is 5.54 Å². The smallest absolute Gasteiger partial charge is 0.259 e. The summed E-state index contributed by atoms with van der Waals surface area (Å²) in [7, 11) is 0. The van der Waals surface area contributed by atoms with Crippen LogP contribution in [0.15, 0.2) is 22.9 Å². The van der Waals surface area contributed by atoms with E-state index in [2.05, 4.69) is 39.2 Å². The molecule has 2 aromatic heterocycles. The summed E-state index contributed by atoms with van der Waals surface area (Å²) < 4.78 is 5.42. The lowest BCUT2D eigenvalue weighted by Gasteiger charge is -2.38. The zero-order valence-corrected chi connectivity index (χ0v) is 12.8. The van der Waals surface area contributed by atoms with Crippen LogP contribution in [0.2, 0.25) is 0 Å². The van der Waals surface area contributed by atoms with Gasteiger partial charge < -0.3 is 9.84 Å². The van der Waals surface area contributed by atoms with Gasteiger partial charge >= 0.3 is 0 Å². The number of rotatable bonds is 3. The van der Waals surface area contributed by atoms with Crippen molar-refractivity contribution in [2.24, 2.45) is 0 Å². The second-order valence-electron chi connectivity index (χ2n) is 5.91. The van der Waals surface area contributed by atoms with Gasteiger partial charge in [0.1, 0.15) is 0 Å². The Hall–Kier alpha value is -1.79. The van der Waals surface area contributed by atoms with E-state index in [4.69, 9.17) is 4.52 Å². The second kappa shape index (κ2) is 5.54. The van der Waals surface area contributed by atoms with Gasteiger partial charge in [-0.2, -0.15) is 4.98 Å². The van der Waals surface area contributed by atoms with E-state index < -0.39 is 0 Å². The summed E-state index contributed by atoms with van der Waals surface area (Å²) in [6.45, 7) is 10.2. The highest BCUT2D eigenvalue weighted by molar-refractivity contribution is 5.51. The highest BCUT2D eigenvalue weighted by atomic mass is 16.5. The normalized spacial score (nSPS) is 17.1. The van der Waals surface area contributed by atoms with Crippen molar-refractivity contribution in [1.29, 1.82) is 0 Å². The lowest BCUT2D eigenvalue weighted by Crippen LogP contribution is -2.52. The molecule has 1 saturated heterocycles. The molecule has 112 valence electrons. The van der Waals surface area contributed by atoms with Crippen molar-refractivity contribution >= 4 is 0 Å². The van der Waals surface area contributed by atoms with Crippen molar-refractivity contribution in [2.75, 3.05) is 26.2 Å². The van der Waals surface area contributed by atoms with Gasteiger partial charge in [-0.25, -0.2) is 0 Å². The summed E-state index contributed by atoms with van der Waals surface area (Å²) >= 11 is 0. The lowest BCUT2D eigenvalue weighted by molar-refractivity contribution is 0.0925. The molecule has 1 aliphatic heterocycles. The summed E-state index contributed by atoms with van der Waals surface area (Å²) in [4.78, 5) is 11.2. The van der Waals surface area contributed by atoms with Crippen LogP contribution in [0.4, 0.5) is 0 Å². The Morgan fingerprint density at radius 1 is 1.24 bits per heavy atom. The standard InChI is InChI=1S/C15H21N5O/c1-11-4-5-12(10-17-11)13-18-14(19-21-13)15(2,3)20-8-6-16-7-9-20/h4-5,10,16H,6-9H2,1-3H3. The number of nitrogens with one attached hydrogen (secondary N) is 1. The number of piperazine rings is 1. The van der Waals surface area contributed by atoms with Gasteiger partial charge in [0.05, 0.1) is 11.1 Å². The van der Waals surface area contributed by atoms with Crippen molar-refractivity contribution in [3.8, 4) is 11.5 Å². The van der Waals surface area contributed by atoms with Crippen LogP contribution in [0.1, 0.15) is 25.4 Å². The Kier molecular flexibility index (Phi) is 3.73. The minimum absolute atomic E-state index is 0.234. The molecule has 0 bridgehead atoms. The predicted octanol–water partition coefficient (Wildman–Crippen LogP) is 1.58. The summed E-state index contributed by atoms with van der Waals surface area (Å²) in [5.74, 6) is 1.25. The van der Waals surface area contributed by atoms with Crippen molar-refractivity contribution in [3.63, 3.8) is 0 Å². The van der Waals surface area contributed by atoms with Crippen LogP contribution in [0, 0.1) is 6.92 Å². The molecule has 0 radical (unpaired) electrons. The van der Waals surface area contributed by atoms with E-state index in [1.54, 1.807) is 6.20 Å². The van der Waals surface area contributed by atoms with E-state index in [-0.39, 0.29) is 5.54 Å². The molecule has 0 spiro atoms. The number of aryl methyl sites for hydroxylation is 1. The van der Waals surface area contributed by atoms with E-state index >= 15 is 0 Å². The van der Waals surface area contributed by atoms with Crippen LogP contribution in [-0.4, -0.2) is 46.2 Å². The summed E-state index contributed by atoms with van der Waals surface area (Å²) in [5.41, 5.74) is 1.59. The van der Waals surface area contributed by atoms with Crippen LogP contribution in [0.3, 0.4) is 0 Å². The van der Waals surface area contributed by atoms with Crippen LogP contribution >= 0.6 is 0 Å². The fourth-order valence-electron chi connectivity index (χ4n) is 2.55. The van der Waals surface area contributed by atoms with Crippen LogP contribution in [0.5, 0.6) is 0 Å². The van der Waals surface area contributed by atoms with Gasteiger partial charge in [-0.05, 0) is 32.9 Å². The Morgan fingerprint density at radius 3 is 2.67 bits per heavy atom. The SMILES string of the molecule is Cc1ccc(-c2nc(C(C)(C)N3CCNCC3)no2)cn1. The molecule has 21 heavy (non-hydrogen) atoms. The summed E-state index contributed by atoms with van der Waals surface area (Å²) in [6.07, 6.45) is 1.77. The van der Waals surface area contributed by atoms with Crippen LogP contribution in [0.25, 0.3) is 11.5 Å². The van der Waals surface area contributed by atoms with Gasteiger partial charge in [0.2, 0.25) is 0 Å². The molecule has 3 rings (SSSR count). The topological polar surface area (TPSA) is 67.1 Å². The van der Waals surface area contributed by atoms with Gasteiger partial charge in [0, 0.05) is 38.1 Å². The van der Waals surface area contributed by atoms with E-state index in [0.717, 1.165) is 43.3 Å². The molecule has 0 amide bonds. The molecule has 6 nitrogen and oxygen atoms in total. The molecule has 3 heterocycles. The summed E-state index contributed by atoms with van der Waals surface area (Å²) in [6, 6.07) is 3.90. The lowest BCUT2D eigenvalue weighted by atomic mass is 10.0. The van der Waals surface area contributed by atoms with Crippen LogP contribution < -0.4 is 5.32 Å². The molecule has 6 heteroatoms. The van der Waals surface area contributed by atoms with Gasteiger partial charge in [-0.15, -0.1) is 0 Å². The fraction of sp³-hybridized carbons (Fsp3) is 0.533. The average Bonchev–Trinajstić information content (AvgIpc) is 2.99. The number of nitrogens with zero attached hydrogens (tertiary/aromatic N) is 4. The Labute approximate surface area is 124 Å². The number of aromatic nitrogens is 3. The zero-order chi connectivity index (χ0) is 14.9. The monoisotopic (exact) mass is 287 g/mol. The van der Waals surface area contributed by atoms with Gasteiger partial charge in [-0.1, -0.05) is 5.16 Å². The maximum atomic E-state index is 5.42. The first-order chi connectivity index (χ1) is 10.1. The third kappa shape index (κ3) is 2.82. The largest absolute Gasteiger partial charge is 0.334 e. The first-order valence-corrected chi connectivity index (χ1v) is 7.30. The number of hydrogen-bond donors (Lipinski definition) is 1. The molecule has 0 unspecified atom stereocenters. The van der Waals surface area contributed by atoms with Crippen molar-refractivity contribution in [1.82, 2.24) is 25.3 Å². The first kappa shape index (κ1) is 14.2. The molecular formula is C15H21N5O. The van der Waals surface area contributed by atoms with Gasteiger partial charge in [0.15, 0.2) is 5.82 Å². The Bertz CT molecular complexity index is 599. The first-order valence-electron chi connectivity index (χ1n) is 7.30. The van der Waals surface area contributed by atoms with E-state index in [0.29, 0.717) is 5.89 Å². The fourth-order valence-corrected chi connectivity index (χ4v) is 2.55. The van der Waals surface area contributed by atoms with E-state index in [1.165, 1.54) is 0 Å². The molecule has 0 saturated carbocycles. The van der Waals surface area contributed by atoms with Crippen molar-refractivity contribution < 1.29 is 4.52 Å². The second-order valence-corrected chi connectivity index (χ2v) is 5.91. The highest BCUT2D eigenvalue weighted by Gasteiger charge is 2.34. The van der Waals surface area contributed by atoms with Crippen molar-refractivity contribution in [2.45, 2.75) is 26.3 Å². The molecule has 0 aromatic carbocycles. The molecule has 0 atom stereocenters. The Morgan fingerprint density at radius 2 is 2.00 bits per heavy atom. The third-order valence-corrected chi connectivity index (χ3v) is 4.04.